The maximum atomic E-state index is 12.0. The van der Waals surface area contributed by atoms with Gasteiger partial charge in [0.2, 0.25) is 5.91 Å². The molecule has 1 aromatic rings. The smallest absolute Gasteiger partial charge is 0.237 e. The molecule has 1 rings (SSSR count). The number of rotatable bonds is 7. The molecule has 0 bridgehead atoms. The molecule has 1 amide bonds. The molecule has 0 fully saturated rings. The zero-order chi connectivity index (χ0) is 14.3. The van der Waals surface area contributed by atoms with Crippen molar-refractivity contribution >= 4 is 5.91 Å². The first-order chi connectivity index (χ1) is 9.08. The average Bonchev–Trinajstić information content (AvgIpc) is 2.45. The fourth-order valence-electron chi connectivity index (χ4n) is 1.87. The van der Waals surface area contributed by atoms with Crippen LogP contribution in [0.2, 0.25) is 0 Å². The van der Waals surface area contributed by atoms with Crippen LogP contribution < -0.4 is 11.1 Å². The summed E-state index contributed by atoms with van der Waals surface area (Å²) in [6.07, 6.45) is 1.47. The second kappa shape index (κ2) is 7.92. The van der Waals surface area contributed by atoms with Crippen LogP contribution in [0.25, 0.3) is 0 Å². The van der Waals surface area contributed by atoms with Crippen molar-refractivity contribution in [2.45, 2.75) is 38.8 Å². The van der Waals surface area contributed by atoms with Crippen LogP contribution in [0.5, 0.6) is 0 Å². The lowest BCUT2D eigenvalue weighted by atomic mass is 9.98. The van der Waals surface area contributed by atoms with E-state index in [2.05, 4.69) is 5.32 Å². The van der Waals surface area contributed by atoms with Gasteiger partial charge >= 0.3 is 0 Å². The third-order valence-electron chi connectivity index (χ3n) is 3.45. The van der Waals surface area contributed by atoms with Gasteiger partial charge in [0, 0.05) is 0 Å². The molecule has 3 atom stereocenters. The maximum absolute atomic E-state index is 12.0. The molecule has 0 saturated heterocycles. The van der Waals surface area contributed by atoms with Crippen molar-refractivity contribution in [2.75, 3.05) is 6.61 Å². The summed E-state index contributed by atoms with van der Waals surface area (Å²) in [5.41, 5.74) is 6.96. The first-order valence-corrected chi connectivity index (χ1v) is 6.79. The summed E-state index contributed by atoms with van der Waals surface area (Å²) >= 11 is 0. The Morgan fingerprint density at radius 2 is 2.00 bits per heavy atom. The second-order valence-electron chi connectivity index (χ2n) is 4.99. The minimum atomic E-state index is -0.519. The Morgan fingerprint density at radius 1 is 1.37 bits per heavy atom. The summed E-state index contributed by atoms with van der Waals surface area (Å²) in [7, 11) is 0. The van der Waals surface area contributed by atoms with Crippen molar-refractivity contribution in [1.29, 1.82) is 0 Å². The van der Waals surface area contributed by atoms with Crippen LogP contribution in [0.3, 0.4) is 0 Å². The van der Waals surface area contributed by atoms with E-state index < -0.39 is 6.04 Å². The number of nitrogens with two attached hydrogens (primary N) is 1. The van der Waals surface area contributed by atoms with Gasteiger partial charge in [-0.15, -0.1) is 0 Å². The zero-order valence-corrected chi connectivity index (χ0v) is 11.7. The largest absolute Gasteiger partial charge is 0.394 e. The van der Waals surface area contributed by atoms with Gasteiger partial charge in [-0.05, 0) is 17.9 Å². The van der Waals surface area contributed by atoms with E-state index in [0.29, 0.717) is 6.42 Å². The number of aliphatic hydroxyl groups is 1. The molecule has 0 radical (unpaired) electrons. The quantitative estimate of drug-likeness (QED) is 0.690. The van der Waals surface area contributed by atoms with Gasteiger partial charge in [-0.2, -0.15) is 0 Å². The SMILES string of the molecule is CC[C@H](C)[C@H](N)C(=O)N[C@H](CO)Cc1ccccc1. The summed E-state index contributed by atoms with van der Waals surface area (Å²) < 4.78 is 0. The highest BCUT2D eigenvalue weighted by Crippen LogP contribution is 2.07. The Morgan fingerprint density at radius 3 is 2.53 bits per heavy atom. The third-order valence-corrected chi connectivity index (χ3v) is 3.45. The molecular weight excluding hydrogens is 240 g/mol. The molecule has 4 heteroatoms. The van der Waals surface area contributed by atoms with Crippen LogP contribution in [0, 0.1) is 5.92 Å². The number of hydrogen-bond acceptors (Lipinski definition) is 3. The standard InChI is InChI=1S/C15H24N2O2/c1-3-11(2)14(16)15(19)17-13(10-18)9-12-7-5-4-6-8-12/h4-8,11,13-14,18H,3,9-10,16H2,1-2H3,(H,17,19)/t11-,13-,14-/m0/s1. The number of carbonyl (C=O) groups is 1. The van der Waals surface area contributed by atoms with Crippen LogP contribution in [-0.2, 0) is 11.2 Å². The van der Waals surface area contributed by atoms with Crippen molar-refractivity contribution < 1.29 is 9.90 Å². The van der Waals surface area contributed by atoms with Gasteiger partial charge in [-0.25, -0.2) is 0 Å². The normalized spacial score (nSPS) is 15.6. The van der Waals surface area contributed by atoms with Gasteiger partial charge in [0.15, 0.2) is 0 Å². The van der Waals surface area contributed by atoms with Crippen LogP contribution in [0.4, 0.5) is 0 Å². The zero-order valence-electron chi connectivity index (χ0n) is 11.7. The van der Waals surface area contributed by atoms with Gasteiger partial charge in [0.1, 0.15) is 0 Å². The first-order valence-electron chi connectivity index (χ1n) is 6.79. The second-order valence-corrected chi connectivity index (χ2v) is 4.99. The van der Waals surface area contributed by atoms with E-state index in [0.717, 1.165) is 12.0 Å². The van der Waals surface area contributed by atoms with Crippen LogP contribution in [0.1, 0.15) is 25.8 Å². The van der Waals surface area contributed by atoms with Crippen molar-refractivity contribution in [2.24, 2.45) is 11.7 Å². The summed E-state index contributed by atoms with van der Waals surface area (Å²) in [4.78, 5) is 12.0. The number of nitrogens with one attached hydrogen (secondary N) is 1. The predicted octanol–water partition coefficient (Wildman–Crippen LogP) is 1.08. The lowest BCUT2D eigenvalue weighted by Gasteiger charge is -2.22. The third kappa shape index (κ3) is 5.01. The average molecular weight is 264 g/mol. The molecule has 0 saturated carbocycles. The number of carbonyl (C=O) groups excluding carboxylic acids is 1. The molecule has 0 aliphatic heterocycles. The molecule has 4 nitrogen and oxygen atoms in total. The van der Waals surface area contributed by atoms with Gasteiger partial charge in [0.25, 0.3) is 0 Å². The fourth-order valence-corrected chi connectivity index (χ4v) is 1.87. The summed E-state index contributed by atoms with van der Waals surface area (Å²) in [6, 6.07) is 8.97. The predicted molar refractivity (Wildman–Crippen MR) is 76.6 cm³/mol. The van der Waals surface area contributed by atoms with Crippen molar-refractivity contribution in [3.8, 4) is 0 Å². The highest BCUT2D eigenvalue weighted by molar-refractivity contribution is 5.82. The molecule has 0 aliphatic rings. The van der Waals surface area contributed by atoms with Crippen molar-refractivity contribution in [1.82, 2.24) is 5.32 Å². The first kappa shape index (κ1) is 15.7. The minimum Gasteiger partial charge on any atom is -0.394 e. The summed E-state index contributed by atoms with van der Waals surface area (Å²) in [5, 5.41) is 12.2. The molecule has 0 aliphatic carbocycles. The van der Waals surface area contributed by atoms with Gasteiger partial charge in [-0.1, -0.05) is 50.6 Å². The van der Waals surface area contributed by atoms with E-state index in [1.165, 1.54) is 0 Å². The van der Waals surface area contributed by atoms with Gasteiger partial charge in [-0.3, -0.25) is 4.79 Å². The topological polar surface area (TPSA) is 75.4 Å². The van der Waals surface area contributed by atoms with E-state index >= 15 is 0 Å². The van der Waals surface area contributed by atoms with Crippen molar-refractivity contribution in [3.63, 3.8) is 0 Å². The molecule has 4 N–H and O–H groups in total. The maximum Gasteiger partial charge on any atom is 0.237 e. The van der Waals surface area contributed by atoms with E-state index in [9.17, 15) is 9.90 Å². The van der Waals surface area contributed by atoms with Crippen molar-refractivity contribution in [3.05, 3.63) is 35.9 Å². The van der Waals surface area contributed by atoms with E-state index in [1.54, 1.807) is 0 Å². The summed E-state index contributed by atoms with van der Waals surface area (Å²) in [5.74, 6) is -0.0552. The van der Waals surface area contributed by atoms with Gasteiger partial charge < -0.3 is 16.2 Å². The molecule has 1 aromatic carbocycles. The number of benzene rings is 1. The Hall–Kier alpha value is -1.39. The van der Waals surface area contributed by atoms with Gasteiger partial charge in [0.05, 0.1) is 18.7 Å². The molecule has 0 unspecified atom stereocenters. The molecule has 106 valence electrons. The molecule has 19 heavy (non-hydrogen) atoms. The molecule has 0 spiro atoms. The van der Waals surface area contributed by atoms with Crippen LogP contribution in [0.15, 0.2) is 30.3 Å². The molecular formula is C15H24N2O2. The van der Waals surface area contributed by atoms with Crippen LogP contribution >= 0.6 is 0 Å². The highest BCUT2D eigenvalue weighted by atomic mass is 16.3. The molecule has 0 heterocycles. The van der Waals surface area contributed by atoms with E-state index in [-0.39, 0.29) is 24.5 Å². The lowest BCUT2D eigenvalue weighted by molar-refractivity contribution is -0.124. The Kier molecular flexibility index (Phi) is 6.53. The monoisotopic (exact) mass is 264 g/mol. The Bertz CT molecular complexity index is 381. The highest BCUT2D eigenvalue weighted by Gasteiger charge is 2.21. The number of hydrogen-bond donors (Lipinski definition) is 3. The minimum absolute atomic E-state index is 0.0894. The Labute approximate surface area is 115 Å². The fraction of sp³-hybridized carbons (Fsp3) is 0.533. The Balaban J connectivity index is 2.55. The number of amides is 1. The summed E-state index contributed by atoms with van der Waals surface area (Å²) in [6.45, 7) is 3.87. The van der Waals surface area contributed by atoms with E-state index in [1.807, 2.05) is 44.2 Å². The lowest BCUT2D eigenvalue weighted by Crippen LogP contribution is -2.50. The van der Waals surface area contributed by atoms with E-state index in [4.69, 9.17) is 5.73 Å². The molecule has 0 aromatic heterocycles. The number of aliphatic hydroxyl groups excluding tert-OH is 1. The van der Waals surface area contributed by atoms with Crippen LogP contribution in [-0.4, -0.2) is 29.7 Å².